The molecule has 0 aliphatic heterocycles. The molecule has 0 amide bonds. The molecule has 0 bridgehead atoms. The Balaban J connectivity index is 1.35. The van der Waals surface area contributed by atoms with E-state index in [0.29, 0.717) is 0 Å². The van der Waals surface area contributed by atoms with Gasteiger partial charge in [-0.15, -0.1) is 0 Å². The highest BCUT2D eigenvalue weighted by Gasteiger charge is 2.26. The van der Waals surface area contributed by atoms with Gasteiger partial charge in [0.2, 0.25) is 0 Å². The smallest absolute Gasteiger partial charge is 0.000740 e. The van der Waals surface area contributed by atoms with Gasteiger partial charge in [0, 0.05) is 0 Å². The predicted octanol–water partition coefficient (Wildman–Crippen LogP) is 17.7. The summed E-state index contributed by atoms with van der Waals surface area (Å²) in [6, 6.07) is 82.3. The normalized spacial score (nSPS) is 12.2. The minimum atomic E-state index is 1.24. The largest absolute Gasteiger partial charge is 0.0616 e. The van der Waals surface area contributed by atoms with Gasteiger partial charge in [0.05, 0.1) is 0 Å². The van der Waals surface area contributed by atoms with Gasteiger partial charge in [-0.05, 0) is 165 Å². The van der Waals surface area contributed by atoms with Crippen LogP contribution in [0.25, 0.3) is 141 Å². The zero-order valence-corrected chi connectivity index (χ0v) is 33.8. The molecule has 0 saturated heterocycles. The Morgan fingerprint density at radius 3 is 0.758 bits per heavy atom. The number of rotatable bonds is 2. The minimum Gasteiger partial charge on any atom is -0.0616 e. The van der Waals surface area contributed by atoms with E-state index in [0.717, 1.165) is 0 Å². The second kappa shape index (κ2) is 12.7. The number of hydrogen-bond donors (Lipinski definition) is 0. The Morgan fingerprint density at radius 1 is 0.161 bits per heavy atom. The molecular formula is C62H36. The molecule has 0 unspecified atom stereocenters. The van der Waals surface area contributed by atoms with Crippen LogP contribution in [0.15, 0.2) is 218 Å². The Hall–Kier alpha value is -8.06. The van der Waals surface area contributed by atoms with Crippen LogP contribution in [0.3, 0.4) is 0 Å². The van der Waals surface area contributed by atoms with Crippen molar-refractivity contribution in [3.63, 3.8) is 0 Å². The van der Waals surface area contributed by atoms with Gasteiger partial charge in [0.25, 0.3) is 0 Å². The van der Waals surface area contributed by atoms with E-state index < -0.39 is 0 Å². The SMILES string of the molecule is c1ccc2c(c1)cc(-c1c3cc4c5ccccc5c5ccccc5c4cc3c(-c3cc4ccccc4c4ccccc34)c3c4ccccc4c4ccccc4c13)c1ccccc12. The van der Waals surface area contributed by atoms with E-state index in [-0.39, 0.29) is 0 Å². The van der Waals surface area contributed by atoms with Crippen LogP contribution >= 0.6 is 0 Å². The van der Waals surface area contributed by atoms with Crippen LogP contribution in [0.4, 0.5) is 0 Å². The van der Waals surface area contributed by atoms with Gasteiger partial charge in [-0.1, -0.05) is 194 Å². The molecule has 0 nitrogen and oxygen atoms in total. The third-order valence-corrected chi connectivity index (χ3v) is 13.9. The lowest BCUT2D eigenvalue weighted by atomic mass is 9.78. The first kappa shape index (κ1) is 33.7. The van der Waals surface area contributed by atoms with Gasteiger partial charge in [0.1, 0.15) is 0 Å². The molecule has 0 spiro atoms. The molecule has 0 fully saturated rings. The molecule has 0 atom stereocenters. The summed E-state index contributed by atoms with van der Waals surface area (Å²) in [5.74, 6) is 0. The van der Waals surface area contributed by atoms with Crippen molar-refractivity contribution in [2.24, 2.45) is 0 Å². The van der Waals surface area contributed by atoms with E-state index in [1.165, 1.54) is 141 Å². The van der Waals surface area contributed by atoms with E-state index in [4.69, 9.17) is 0 Å². The highest BCUT2D eigenvalue weighted by atomic mass is 14.3. The predicted molar refractivity (Wildman–Crippen MR) is 270 cm³/mol. The molecule has 0 aliphatic carbocycles. The average Bonchev–Trinajstić information content (AvgIpc) is 3.35. The topological polar surface area (TPSA) is 0 Å². The Labute approximate surface area is 357 Å². The molecule has 0 aliphatic rings. The standard InChI is InChI=1S/C62H36/c1-3-19-39-37(17-1)33-55(49-29-11-5-21-41(39)49)59-57-35-53-47-27-9-7-23-43(47)44-24-8-10-28-48(44)54(53)36-58(57)60(56-34-38-18-2-4-20-40(38)42-22-6-12-30-50(42)56)62-52-32-16-14-26-46(52)45-25-13-15-31-51(45)61(59)62/h1-36H. The molecule has 0 aromatic heterocycles. The molecule has 284 valence electrons. The van der Waals surface area contributed by atoms with Gasteiger partial charge in [0.15, 0.2) is 0 Å². The maximum atomic E-state index is 2.56. The van der Waals surface area contributed by atoms with Gasteiger partial charge >= 0.3 is 0 Å². The summed E-state index contributed by atoms with van der Waals surface area (Å²) in [4.78, 5) is 0. The van der Waals surface area contributed by atoms with Gasteiger partial charge < -0.3 is 0 Å². The maximum Gasteiger partial charge on any atom is -0.000740 e. The van der Waals surface area contributed by atoms with E-state index in [1.807, 2.05) is 0 Å². The van der Waals surface area contributed by atoms with Gasteiger partial charge in [-0.25, -0.2) is 0 Å². The zero-order valence-electron chi connectivity index (χ0n) is 33.8. The summed E-state index contributed by atoms with van der Waals surface area (Å²) in [5.41, 5.74) is 5.09. The summed E-state index contributed by atoms with van der Waals surface area (Å²) < 4.78 is 0. The van der Waals surface area contributed by atoms with E-state index >= 15 is 0 Å². The molecule has 0 saturated carbocycles. The van der Waals surface area contributed by atoms with Crippen molar-refractivity contribution < 1.29 is 0 Å². The first-order valence-corrected chi connectivity index (χ1v) is 21.7. The monoisotopic (exact) mass is 780 g/mol. The van der Waals surface area contributed by atoms with Crippen LogP contribution in [0, 0.1) is 0 Å². The van der Waals surface area contributed by atoms with Crippen molar-refractivity contribution in [1.82, 2.24) is 0 Å². The zero-order chi connectivity index (χ0) is 40.5. The summed E-state index contributed by atoms with van der Waals surface area (Å²) in [5, 5.41) is 28.0. The van der Waals surface area contributed by atoms with Crippen LogP contribution in [0.2, 0.25) is 0 Å². The summed E-state index contributed by atoms with van der Waals surface area (Å²) in [6.07, 6.45) is 0. The fourth-order valence-electron chi connectivity index (χ4n) is 11.4. The van der Waals surface area contributed by atoms with Crippen LogP contribution in [-0.2, 0) is 0 Å². The first-order chi connectivity index (χ1) is 30.8. The van der Waals surface area contributed by atoms with E-state index in [2.05, 4.69) is 218 Å². The molecule has 0 heteroatoms. The van der Waals surface area contributed by atoms with Crippen molar-refractivity contribution in [2.45, 2.75) is 0 Å². The molecule has 14 rings (SSSR count). The highest BCUT2D eigenvalue weighted by Crippen LogP contribution is 2.54. The van der Waals surface area contributed by atoms with Crippen LogP contribution in [-0.4, -0.2) is 0 Å². The van der Waals surface area contributed by atoms with Crippen molar-refractivity contribution in [1.29, 1.82) is 0 Å². The highest BCUT2D eigenvalue weighted by molar-refractivity contribution is 6.41. The van der Waals surface area contributed by atoms with Crippen molar-refractivity contribution >= 4 is 118 Å². The number of hydrogen-bond acceptors (Lipinski definition) is 0. The lowest BCUT2D eigenvalue weighted by Gasteiger charge is -2.24. The molecule has 62 heavy (non-hydrogen) atoms. The fourth-order valence-corrected chi connectivity index (χ4v) is 11.4. The lowest BCUT2D eigenvalue weighted by Crippen LogP contribution is -1.96. The second-order valence-corrected chi connectivity index (χ2v) is 17.0. The number of fused-ring (bicyclic) bond motifs is 19. The summed E-state index contributed by atoms with van der Waals surface area (Å²) in [6.45, 7) is 0. The summed E-state index contributed by atoms with van der Waals surface area (Å²) in [7, 11) is 0. The van der Waals surface area contributed by atoms with E-state index in [9.17, 15) is 0 Å². The molecular weight excluding hydrogens is 745 g/mol. The second-order valence-electron chi connectivity index (χ2n) is 17.0. The average molecular weight is 781 g/mol. The van der Waals surface area contributed by atoms with Crippen LogP contribution < -0.4 is 0 Å². The minimum absolute atomic E-state index is 1.24. The van der Waals surface area contributed by atoms with Crippen molar-refractivity contribution in [3.05, 3.63) is 218 Å². The number of benzene rings is 14. The fraction of sp³-hybridized carbons (Fsp3) is 0. The molecule has 0 radical (unpaired) electrons. The molecule has 0 heterocycles. The quantitative estimate of drug-likeness (QED) is 0.121. The van der Waals surface area contributed by atoms with Crippen molar-refractivity contribution in [2.75, 3.05) is 0 Å². The van der Waals surface area contributed by atoms with Crippen LogP contribution in [0.1, 0.15) is 0 Å². The van der Waals surface area contributed by atoms with Crippen molar-refractivity contribution in [3.8, 4) is 22.3 Å². The van der Waals surface area contributed by atoms with Gasteiger partial charge in [-0.3, -0.25) is 0 Å². The van der Waals surface area contributed by atoms with Gasteiger partial charge in [-0.2, -0.15) is 0 Å². The molecule has 14 aromatic carbocycles. The third-order valence-electron chi connectivity index (χ3n) is 13.9. The summed E-state index contributed by atoms with van der Waals surface area (Å²) >= 11 is 0. The Morgan fingerprint density at radius 2 is 0.403 bits per heavy atom. The Kier molecular flexibility index (Phi) is 6.92. The molecule has 14 aromatic rings. The molecule has 0 N–H and O–H groups in total. The lowest BCUT2D eigenvalue weighted by molar-refractivity contribution is 1.72. The maximum absolute atomic E-state index is 2.56. The third kappa shape index (κ3) is 4.56. The first-order valence-electron chi connectivity index (χ1n) is 21.7. The van der Waals surface area contributed by atoms with Crippen LogP contribution in [0.5, 0.6) is 0 Å². The Bertz CT molecular complexity index is 3990. The van der Waals surface area contributed by atoms with E-state index in [1.54, 1.807) is 0 Å².